The van der Waals surface area contributed by atoms with Crippen molar-refractivity contribution in [3.8, 4) is 45.8 Å². The third kappa shape index (κ3) is 4.74. The molecule has 0 saturated heterocycles. The van der Waals surface area contributed by atoms with Crippen LogP contribution in [0, 0.1) is 0 Å². The summed E-state index contributed by atoms with van der Waals surface area (Å²) in [5.41, 5.74) is 8.09. The number of hydrogen-bond donors (Lipinski definition) is 0. The van der Waals surface area contributed by atoms with Crippen molar-refractivity contribution in [3.05, 3.63) is 182 Å². The van der Waals surface area contributed by atoms with Gasteiger partial charge in [0.25, 0.3) is 0 Å². The molecule has 7 aromatic carbocycles. The Balaban J connectivity index is 1.20. The summed E-state index contributed by atoms with van der Waals surface area (Å²) in [5, 5.41) is 7.21. The lowest BCUT2D eigenvalue weighted by atomic mass is 10.0. The van der Waals surface area contributed by atoms with E-state index < -0.39 is 0 Å². The molecule has 0 atom stereocenters. The topological polar surface area (TPSA) is 61.4 Å². The number of benzene rings is 7. The highest BCUT2D eigenvalue weighted by molar-refractivity contribution is 6.25. The predicted octanol–water partition coefficient (Wildman–Crippen LogP) is 11.6. The maximum atomic E-state index is 5.34. The summed E-state index contributed by atoms with van der Waals surface area (Å²) >= 11 is 0. The van der Waals surface area contributed by atoms with Gasteiger partial charge in [0.2, 0.25) is 0 Å². The van der Waals surface area contributed by atoms with Gasteiger partial charge in [-0.15, -0.1) is 0 Å². The van der Waals surface area contributed by atoms with Crippen LogP contribution in [0.2, 0.25) is 0 Å². The van der Waals surface area contributed by atoms with Gasteiger partial charge in [0, 0.05) is 38.4 Å². The van der Waals surface area contributed by atoms with Crippen LogP contribution in [0.15, 0.2) is 182 Å². The monoisotopic (exact) mass is 690 g/mol. The van der Waals surface area contributed by atoms with Gasteiger partial charge in [0.15, 0.2) is 17.5 Å². The Labute approximate surface area is 310 Å². The number of aromatic nitrogens is 6. The second-order valence-electron chi connectivity index (χ2n) is 13.5. The van der Waals surface area contributed by atoms with Crippen molar-refractivity contribution < 1.29 is 0 Å². The molecule has 6 heteroatoms. The molecule has 0 aliphatic heterocycles. The Bertz CT molecular complexity index is 3140. The lowest BCUT2D eigenvalue weighted by molar-refractivity contribution is 1.03. The molecule has 0 unspecified atom stereocenters. The van der Waals surface area contributed by atoms with E-state index in [1.54, 1.807) is 0 Å². The molecule has 0 bridgehead atoms. The maximum absolute atomic E-state index is 5.34. The highest BCUT2D eigenvalue weighted by atomic mass is 15.1. The Morgan fingerprint density at radius 3 is 1.69 bits per heavy atom. The van der Waals surface area contributed by atoms with Gasteiger partial charge < -0.3 is 4.57 Å². The summed E-state index contributed by atoms with van der Waals surface area (Å²) in [6, 6.07) is 63.3. The quantitative estimate of drug-likeness (QED) is 0.180. The number of hydrogen-bond acceptors (Lipinski definition) is 4. The summed E-state index contributed by atoms with van der Waals surface area (Å²) < 4.78 is 4.67. The van der Waals surface area contributed by atoms with Crippen LogP contribution in [0.5, 0.6) is 0 Å². The van der Waals surface area contributed by atoms with Gasteiger partial charge in [-0.2, -0.15) is 0 Å². The molecule has 0 saturated carbocycles. The van der Waals surface area contributed by atoms with E-state index in [9.17, 15) is 0 Å². The van der Waals surface area contributed by atoms with Gasteiger partial charge in [-0.1, -0.05) is 133 Å². The summed E-state index contributed by atoms with van der Waals surface area (Å²) in [7, 11) is 0. The van der Waals surface area contributed by atoms with Crippen molar-refractivity contribution in [2.75, 3.05) is 0 Å². The van der Waals surface area contributed by atoms with Crippen LogP contribution in [-0.4, -0.2) is 29.1 Å². The van der Waals surface area contributed by atoms with Crippen LogP contribution in [-0.2, 0) is 0 Å². The second kappa shape index (κ2) is 12.1. The molecule has 0 amide bonds. The molecule has 54 heavy (non-hydrogen) atoms. The fraction of sp³-hybridized carbons (Fsp3) is 0. The van der Waals surface area contributed by atoms with Gasteiger partial charge in [0.05, 0.1) is 22.1 Å². The Morgan fingerprint density at radius 2 is 0.944 bits per heavy atom. The molecular weight excluding hydrogens is 661 g/mol. The number of fused-ring (bicyclic) bond motifs is 8. The van der Waals surface area contributed by atoms with Crippen LogP contribution in [0.4, 0.5) is 0 Å². The predicted molar refractivity (Wildman–Crippen MR) is 220 cm³/mol. The van der Waals surface area contributed by atoms with Crippen LogP contribution in [0.3, 0.4) is 0 Å². The molecule has 0 spiro atoms. The minimum absolute atomic E-state index is 0.516. The average molecular weight is 691 g/mol. The van der Waals surface area contributed by atoms with E-state index in [1.165, 1.54) is 37.8 Å². The van der Waals surface area contributed by atoms with Crippen LogP contribution < -0.4 is 0 Å². The summed E-state index contributed by atoms with van der Waals surface area (Å²) in [6.45, 7) is 0. The zero-order chi connectivity index (χ0) is 35.6. The first-order valence-corrected chi connectivity index (χ1v) is 18.1. The number of para-hydroxylation sites is 2. The van der Waals surface area contributed by atoms with Gasteiger partial charge in [0.1, 0.15) is 11.5 Å². The van der Waals surface area contributed by atoms with Crippen molar-refractivity contribution in [1.82, 2.24) is 29.1 Å². The first-order valence-electron chi connectivity index (χ1n) is 18.1. The summed E-state index contributed by atoms with van der Waals surface area (Å²) in [6.07, 6.45) is 0. The van der Waals surface area contributed by atoms with Gasteiger partial charge in [-0.3, -0.25) is 4.57 Å². The Morgan fingerprint density at radius 1 is 0.333 bits per heavy atom. The van der Waals surface area contributed by atoms with E-state index in [0.29, 0.717) is 23.2 Å². The van der Waals surface area contributed by atoms with Crippen molar-refractivity contribution in [1.29, 1.82) is 0 Å². The molecule has 11 aromatic rings. The van der Waals surface area contributed by atoms with Crippen molar-refractivity contribution in [2.45, 2.75) is 0 Å². The van der Waals surface area contributed by atoms with E-state index in [4.69, 9.17) is 19.9 Å². The van der Waals surface area contributed by atoms with Crippen LogP contribution in [0.1, 0.15) is 0 Å². The second-order valence-corrected chi connectivity index (χ2v) is 13.5. The lowest BCUT2D eigenvalue weighted by Gasteiger charge is -2.11. The molecule has 0 aliphatic carbocycles. The molecule has 11 rings (SSSR count). The van der Waals surface area contributed by atoms with E-state index in [0.717, 1.165) is 39.2 Å². The fourth-order valence-electron chi connectivity index (χ4n) is 7.95. The van der Waals surface area contributed by atoms with Crippen LogP contribution >= 0.6 is 0 Å². The molecule has 6 nitrogen and oxygen atoms in total. The van der Waals surface area contributed by atoms with Gasteiger partial charge in [-0.25, -0.2) is 19.9 Å². The SMILES string of the molecule is c1ccc(-c2nc(-c3ccccc3)nc(-c3cccc(-n4c5cc6c(cc5c5c7ccccc7ccc54)c4ccccc4n6-c4ccccc4)n3)n2)cc1. The first-order chi connectivity index (χ1) is 26.8. The lowest BCUT2D eigenvalue weighted by Crippen LogP contribution is -2.03. The minimum Gasteiger partial charge on any atom is -0.309 e. The average Bonchev–Trinajstić information content (AvgIpc) is 3.76. The smallest absolute Gasteiger partial charge is 0.182 e. The highest BCUT2D eigenvalue weighted by Crippen LogP contribution is 2.42. The first kappa shape index (κ1) is 30.2. The zero-order valence-electron chi connectivity index (χ0n) is 29.0. The van der Waals surface area contributed by atoms with Crippen molar-refractivity contribution >= 4 is 54.4 Å². The Kier molecular flexibility index (Phi) is 6.75. The summed E-state index contributed by atoms with van der Waals surface area (Å²) in [5.74, 6) is 2.51. The molecule has 0 fully saturated rings. The number of rotatable bonds is 5. The maximum Gasteiger partial charge on any atom is 0.182 e. The molecular formula is C48H30N6. The molecule has 252 valence electrons. The molecule has 0 radical (unpaired) electrons. The summed E-state index contributed by atoms with van der Waals surface area (Å²) in [4.78, 5) is 20.2. The van der Waals surface area contributed by atoms with E-state index in [2.05, 4.69) is 118 Å². The third-order valence-electron chi connectivity index (χ3n) is 10.4. The molecule has 4 heterocycles. The largest absolute Gasteiger partial charge is 0.309 e. The Hall–Kier alpha value is -7.44. The third-order valence-corrected chi connectivity index (χ3v) is 10.4. The normalized spacial score (nSPS) is 11.7. The van der Waals surface area contributed by atoms with Crippen LogP contribution in [0.25, 0.3) is 100 Å². The highest BCUT2D eigenvalue weighted by Gasteiger charge is 2.21. The minimum atomic E-state index is 0.516. The molecule has 0 N–H and O–H groups in total. The fourth-order valence-corrected chi connectivity index (χ4v) is 7.95. The van der Waals surface area contributed by atoms with E-state index in [-0.39, 0.29) is 0 Å². The zero-order valence-corrected chi connectivity index (χ0v) is 29.0. The van der Waals surface area contributed by atoms with Gasteiger partial charge in [-0.05, 0) is 59.3 Å². The van der Waals surface area contributed by atoms with E-state index >= 15 is 0 Å². The van der Waals surface area contributed by atoms with Gasteiger partial charge >= 0.3 is 0 Å². The van der Waals surface area contributed by atoms with Crippen molar-refractivity contribution in [3.63, 3.8) is 0 Å². The van der Waals surface area contributed by atoms with E-state index in [1.807, 2.05) is 72.8 Å². The molecule has 4 aromatic heterocycles. The molecule has 0 aliphatic rings. The van der Waals surface area contributed by atoms with Crippen molar-refractivity contribution in [2.24, 2.45) is 0 Å². The number of nitrogens with zero attached hydrogens (tertiary/aromatic N) is 6. The standard InChI is InChI=1S/C48H30N6/c1-4-16-32(17-5-1)46-50-47(33-18-6-2-7-19-33)52-48(51-46)39-24-14-26-44(49-39)54-41-28-27-31-15-10-11-22-35(31)45(41)38-29-37-36-23-12-13-25-40(36)53(42(37)30-43(38)54)34-20-8-3-9-21-34/h1-30H. The number of pyridine rings is 1.